The van der Waals surface area contributed by atoms with Crippen LogP contribution in [0.4, 0.5) is 10.5 Å². The highest BCUT2D eigenvalue weighted by Gasteiger charge is 2.76. The van der Waals surface area contributed by atoms with Gasteiger partial charge in [-0.25, -0.2) is 9.69 Å². The number of morpholine rings is 1. The highest BCUT2D eigenvalue weighted by molar-refractivity contribution is 6.24. The second-order valence-electron chi connectivity index (χ2n) is 21.8. The Bertz CT molecular complexity index is 3320. The number of nitrogens with zero attached hydrogens (tertiary/aromatic N) is 4. The molecule has 12 rings (SSSR count). The van der Waals surface area contributed by atoms with Crippen molar-refractivity contribution >= 4 is 29.5 Å². The number of anilines is 1. The minimum Gasteiger partial charge on any atom is -0.491 e. The Hall–Kier alpha value is -8.00. The summed E-state index contributed by atoms with van der Waals surface area (Å²) in [5, 5.41) is 24.8. The fourth-order valence-electron chi connectivity index (χ4n) is 13.2. The van der Waals surface area contributed by atoms with Gasteiger partial charge in [0.15, 0.2) is 11.5 Å². The number of hydrogen-bond acceptors (Lipinski definition) is 12. The minimum absolute atomic E-state index is 0.0401. The van der Waals surface area contributed by atoms with Gasteiger partial charge in [0.2, 0.25) is 18.6 Å². The lowest BCUT2D eigenvalue weighted by Gasteiger charge is -2.46. The molecule has 0 bridgehead atoms. The molecule has 3 saturated heterocycles. The minimum atomic E-state index is -2.02. The fraction of sp³-hybridized carbons (Fsp3) is 0.354. The Morgan fingerprint density at radius 2 is 1.43 bits per heavy atom. The maximum absolute atomic E-state index is 17.1. The topological polar surface area (TPSA) is 171 Å². The predicted octanol–water partition coefficient (Wildman–Crippen LogP) is 8.70. The van der Waals surface area contributed by atoms with Crippen LogP contribution in [-0.4, -0.2) is 107 Å². The number of amides is 4. The monoisotopic (exact) mass is 1080 g/mol. The molecule has 15 nitrogen and oxygen atoms in total. The summed E-state index contributed by atoms with van der Waals surface area (Å²) >= 11 is 0. The van der Waals surface area contributed by atoms with E-state index in [2.05, 4.69) is 22.1 Å². The quantitative estimate of drug-likeness (QED) is 0.0642. The number of imide groups is 1. The van der Waals surface area contributed by atoms with Crippen molar-refractivity contribution < 1.29 is 48.3 Å². The summed E-state index contributed by atoms with van der Waals surface area (Å²) in [7, 11) is 0. The van der Waals surface area contributed by atoms with Gasteiger partial charge in [0.25, 0.3) is 0 Å². The highest BCUT2D eigenvalue weighted by atomic mass is 16.7. The molecule has 410 valence electrons. The zero-order valence-electron chi connectivity index (χ0n) is 44.7. The normalized spacial score (nSPS) is 24.5. The molecule has 6 aromatic carbocycles. The lowest BCUT2D eigenvalue weighted by molar-refractivity contribution is -0.179. The number of piperazine rings is 1. The molecule has 6 aromatic rings. The Kier molecular flexibility index (Phi) is 14.7. The van der Waals surface area contributed by atoms with Gasteiger partial charge in [-0.1, -0.05) is 134 Å². The molecule has 1 spiro atoms. The Balaban J connectivity index is 1.06. The number of aliphatic hydroxyl groups excluding tert-OH is 1. The molecule has 3 N–H and O–H groups in total. The smallest absolute Gasteiger partial charge is 0.329 e. The average Bonchev–Trinajstić information content (AvgIpc) is 4.25. The molecule has 6 aliphatic rings. The number of carbonyl (C=O) groups excluding carboxylic acids is 4. The molecule has 15 heteroatoms. The van der Waals surface area contributed by atoms with Crippen LogP contribution in [0, 0.1) is 17.8 Å². The molecule has 4 amide bonds. The third-order valence-electron chi connectivity index (χ3n) is 17.0. The first-order chi connectivity index (χ1) is 39.0. The number of fused-ring (bicyclic) bond motifs is 4. The number of hydrogen-bond donors (Lipinski definition) is 3. The second kappa shape index (κ2) is 22.3. The Labute approximate surface area is 466 Å². The van der Waals surface area contributed by atoms with Crippen LogP contribution >= 0.6 is 0 Å². The van der Waals surface area contributed by atoms with E-state index in [1.165, 1.54) is 0 Å². The molecule has 0 radical (unpaired) electrons. The van der Waals surface area contributed by atoms with E-state index in [1.807, 2.05) is 133 Å². The SMILES string of the molecule is C[C@@H](NC(=O)N1C(=O)[C@@]2(c3cc(C#CC4(O)CCCCCC4)ccc31)[C@H](c1ccc(OCCO)cc1)N1[C@H](c3ccccc3)[C@H](c3ccccc3)OC(=O)[C@H]1[C@@H]2C(=O)N1CCN(Cc2ccc3c(c2)OCO3)CC1)c1ccccc1. The largest absolute Gasteiger partial charge is 0.491 e. The number of rotatable bonds is 11. The highest BCUT2D eigenvalue weighted by Crippen LogP contribution is 2.66. The van der Waals surface area contributed by atoms with Crippen molar-refractivity contribution in [3.05, 3.63) is 191 Å². The van der Waals surface area contributed by atoms with Crippen LogP contribution in [0.15, 0.2) is 152 Å². The molecule has 4 fully saturated rings. The number of carbonyl (C=O) groups is 4. The molecule has 0 unspecified atom stereocenters. The molecule has 1 saturated carbocycles. The number of urea groups is 1. The first kappa shape index (κ1) is 52.7. The standard InChI is InChI=1S/C65H65N5O10/c1-43(46-15-7-4-8-16-46)66-63(75)69-52-27-21-44(29-32-64(76)30-13-2-3-14-31-64)39-51(52)65(62(69)74)55(60(72)68-35-33-67(34-36-68)41-45-22-28-53-54(40-45)79-42-78-53)57-61(73)80-58(48-19-11-6-12-20-48)56(47-17-9-5-10-18-47)70(57)59(65)49-23-25-50(26-24-49)77-38-37-71/h4-12,15-28,39-40,43,55-59,71,76H,2-3,13-14,30-31,33-38,41-42H2,1H3,(H,66,75)/t43-,55-,56-,57-,58+,59+,65-/m1/s1. The van der Waals surface area contributed by atoms with Crippen LogP contribution in [0.5, 0.6) is 17.2 Å². The molecular formula is C65H65N5O10. The fourth-order valence-corrected chi connectivity index (χ4v) is 13.2. The van der Waals surface area contributed by atoms with E-state index in [9.17, 15) is 10.2 Å². The van der Waals surface area contributed by atoms with Gasteiger partial charge in [0.1, 0.15) is 35.5 Å². The van der Waals surface area contributed by atoms with Crippen LogP contribution in [0.1, 0.15) is 109 Å². The van der Waals surface area contributed by atoms with Gasteiger partial charge in [-0.2, -0.15) is 0 Å². The van der Waals surface area contributed by atoms with Crippen molar-refractivity contribution in [2.45, 2.75) is 93.3 Å². The van der Waals surface area contributed by atoms with Crippen LogP contribution in [0.2, 0.25) is 0 Å². The zero-order valence-corrected chi connectivity index (χ0v) is 44.7. The van der Waals surface area contributed by atoms with Crippen molar-refractivity contribution in [3.8, 4) is 29.1 Å². The molecule has 0 aromatic heterocycles. The van der Waals surface area contributed by atoms with Crippen LogP contribution < -0.4 is 24.4 Å². The van der Waals surface area contributed by atoms with Crippen molar-refractivity contribution in [3.63, 3.8) is 0 Å². The molecular weight excluding hydrogens is 1010 g/mol. The van der Waals surface area contributed by atoms with E-state index < -0.39 is 71.0 Å². The van der Waals surface area contributed by atoms with E-state index in [4.69, 9.17) is 18.9 Å². The average molecular weight is 1080 g/mol. The van der Waals surface area contributed by atoms with Gasteiger partial charge in [0, 0.05) is 38.3 Å². The predicted molar refractivity (Wildman–Crippen MR) is 298 cm³/mol. The van der Waals surface area contributed by atoms with Gasteiger partial charge in [-0.05, 0) is 108 Å². The molecule has 1 aliphatic carbocycles. The van der Waals surface area contributed by atoms with E-state index >= 15 is 19.2 Å². The lowest BCUT2D eigenvalue weighted by Crippen LogP contribution is -2.59. The molecule has 5 heterocycles. The summed E-state index contributed by atoms with van der Waals surface area (Å²) in [6.07, 6.45) is 3.80. The van der Waals surface area contributed by atoms with Crippen molar-refractivity contribution in [2.24, 2.45) is 5.92 Å². The van der Waals surface area contributed by atoms with Crippen LogP contribution in [0.25, 0.3) is 0 Å². The number of esters is 1. The molecule has 7 atom stereocenters. The second-order valence-corrected chi connectivity index (χ2v) is 21.8. The van der Waals surface area contributed by atoms with Gasteiger partial charge in [0.05, 0.1) is 36.3 Å². The number of nitrogens with one attached hydrogen (secondary N) is 1. The molecule has 80 heavy (non-hydrogen) atoms. The summed E-state index contributed by atoms with van der Waals surface area (Å²) in [6.45, 7) is 3.95. The first-order valence-corrected chi connectivity index (χ1v) is 28.0. The van der Waals surface area contributed by atoms with Crippen LogP contribution in [-0.2, 0) is 31.1 Å². The Morgan fingerprint density at radius 3 is 2.12 bits per heavy atom. The Morgan fingerprint density at radius 1 is 0.750 bits per heavy atom. The summed E-state index contributed by atoms with van der Waals surface area (Å²) in [4.78, 5) is 72.2. The van der Waals surface area contributed by atoms with Gasteiger partial charge < -0.3 is 39.4 Å². The zero-order chi connectivity index (χ0) is 55.0. The summed E-state index contributed by atoms with van der Waals surface area (Å²) in [6, 6.07) is 42.5. The van der Waals surface area contributed by atoms with E-state index in [1.54, 1.807) is 35.2 Å². The first-order valence-electron chi connectivity index (χ1n) is 28.0. The maximum Gasteiger partial charge on any atom is 0.329 e. The van der Waals surface area contributed by atoms with Crippen molar-refractivity contribution in [2.75, 3.05) is 51.1 Å². The maximum atomic E-state index is 17.1. The van der Waals surface area contributed by atoms with Crippen LogP contribution in [0.3, 0.4) is 0 Å². The summed E-state index contributed by atoms with van der Waals surface area (Å²) in [5.74, 6) is 5.10. The summed E-state index contributed by atoms with van der Waals surface area (Å²) in [5.41, 5.74) is 1.71. The van der Waals surface area contributed by atoms with Crippen molar-refractivity contribution in [1.82, 2.24) is 20.0 Å². The number of cyclic esters (lactones) is 1. The van der Waals surface area contributed by atoms with Gasteiger partial charge in [-0.3, -0.25) is 24.2 Å². The van der Waals surface area contributed by atoms with E-state index in [0.717, 1.165) is 47.3 Å². The van der Waals surface area contributed by atoms with E-state index in [-0.39, 0.29) is 38.8 Å². The number of benzene rings is 6. The third kappa shape index (κ3) is 9.74. The molecule has 5 aliphatic heterocycles. The lowest BCUT2D eigenvalue weighted by atomic mass is 9.64. The summed E-state index contributed by atoms with van der Waals surface area (Å²) < 4.78 is 23.9. The number of aliphatic hydroxyl groups is 2. The van der Waals surface area contributed by atoms with Crippen molar-refractivity contribution in [1.29, 1.82) is 0 Å². The van der Waals surface area contributed by atoms with Gasteiger partial charge in [-0.15, -0.1) is 0 Å². The van der Waals surface area contributed by atoms with E-state index in [0.29, 0.717) is 72.0 Å². The number of ether oxygens (including phenoxy) is 4. The third-order valence-corrected chi connectivity index (χ3v) is 17.0. The van der Waals surface area contributed by atoms with Gasteiger partial charge >= 0.3 is 12.0 Å².